The van der Waals surface area contributed by atoms with Gasteiger partial charge in [-0.15, -0.1) is 0 Å². The standard InChI is InChI=1S/C7H13NO2/c8-6-3-1-2-5(6)4-7(9)10/h5-6H,1-4,8H2,(H,9,10)/t5-,6-/m0/s1. The van der Waals surface area contributed by atoms with Crippen molar-refractivity contribution in [2.24, 2.45) is 11.7 Å². The summed E-state index contributed by atoms with van der Waals surface area (Å²) in [6.07, 6.45) is 3.34. The lowest BCUT2D eigenvalue weighted by molar-refractivity contribution is -0.138. The minimum atomic E-state index is -0.720. The Hall–Kier alpha value is -0.570. The second-order valence-corrected chi connectivity index (χ2v) is 2.95. The van der Waals surface area contributed by atoms with E-state index >= 15 is 0 Å². The lowest BCUT2D eigenvalue weighted by Crippen LogP contribution is -2.26. The molecule has 0 aromatic rings. The molecule has 0 aromatic carbocycles. The Balaban J connectivity index is 2.33. The van der Waals surface area contributed by atoms with Gasteiger partial charge < -0.3 is 10.8 Å². The quantitative estimate of drug-likeness (QED) is 0.594. The molecule has 1 rings (SSSR count). The van der Waals surface area contributed by atoms with Crippen LogP contribution in [-0.2, 0) is 4.79 Å². The fourth-order valence-corrected chi connectivity index (χ4v) is 1.54. The molecule has 0 aliphatic heterocycles. The van der Waals surface area contributed by atoms with Crippen LogP contribution in [0, 0.1) is 5.92 Å². The minimum Gasteiger partial charge on any atom is -0.481 e. The maximum Gasteiger partial charge on any atom is 0.303 e. The molecule has 0 radical (unpaired) electrons. The predicted octanol–water partition coefficient (Wildman–Crippen LogP) is 0.588. The monoisotopic (exact) mass is 143 g/mol. The Morgan fingerprint density at radius 3 is 2.70 bits per heavy atom. The fraction of sp³-hybridized carbons (Fsp3) is 0.857. The zero-order valence-electron chi connectivity index (χ0n) is 5.92. The molecule has 0 saturated heterocycles. The van der Waals surface area contributed by atoms with Gasteiger partial charge in [-0.25, -0.2) is 0 Å². The average Bonchev–Trinajstić information content (AvgIpc) is 2.15. The van der Waals surface area contributed by atoms with Gasteiger partial charge in [-0.2, -0.15) is 0 Å². The van der Waals surface area contributed by atoms with Gasteiger partial charge >= 0.3 is 5.97 Å². The number of nitrogens with two attached hydrogens (primary N) is 1. The number of rotatable bonds is 2. The maximum atomic E-state index is 10.2. The molecule has 3 N–H and O–H groups in total. The van der Waals surface area contributed by atoms with Crippen molar-refractivity contribution in [3.05, 3.63) is 0 Å². The fourth-order valence-electron chi connectivity index (χ4n) is 1.54. The Bertz CT molecular complexity index is 136. The SMILES string of the molecule is N[C@H]1CCC[C@H]1CC(=O)O. The van der Waals surface area contributed by atoms with Crippen molar-refractivity contribution in [2.75, 3.05) is 0 Å². The van der Waals surface area contributed by atoms with Gasteiger partial charge in [-0.3, -0.25) is 4.79 Å². The molecule has 0 bridgehead atoms. The van der Waals surface area contributed by atoms with E-state index in [1.807, 2.05) is 0 Å². The number of hydrogen-bond donors (Lipinski definition) is 2. The van der Waals surface area contributed by atoms with Crippen LogP contribution < -0.4 is 5.73 Å². The first-order chi connectivity index (χ1) is 4.70. The van der Waals surface area contributed by atoms with E-state index in [9.17, 15) is 4.79 Å². The molecule has 0 unspecified atom stereocenters. The molecule has 1 saturated carbocycles. The van der Waals surface area contributed by atoms with Gasteiger partial charge in [0.1, 0.15) is 0 Å². The summed E-state index contributed by atoms with van der Waals surface area (Å²) in [6, 6.07) is 0.135. The molecular weight excluding hydrogens is 130 g/mol. The largest absolute Gasteiger partial charge is 0.481 e. The molecular formula is C7H13NO2. The molecule has 3 nitrogen and oxygen atoms in total. The van der Waals surface area contributed by atoms with Crippen molar-refractivity contribution < 1.29 is 9.90 Å². The van der Waals surface area contributed by atoms with Gasteiger partial charge in [-0.05, 0) is 18.8 Å². The lowest BCUT2D eigenvalue weighted by Gasteiger charge is -2.11. The molecule has 58 valence electrons. The summed E-state index contributed by atoms with van der Waals surface area (Å²) in [5, 5.41) is 8.44. The van der Waals surface area contributed by atoms with Crippen LogP contribution in [0.2, 0.25) is 0 Å². The second-order valence-electron chi connectivity index (χ2n) is 2.95. The lowest BCUT2D eigenvalue weighted by atomic mass is 10.0. The summed E-state index contributed by atoms with van der Waals surface area (Å²) in [6.45, 7) is 0. The molecule has 1 fully saturated rings. The zero-order chi connectivity index (χ0) is 7.56. The highest BCUT2D eigenvalue weighted by Crippen LogP contribution is 2.26. The topological polar surface area (TPSA) is 63.3 Å². The summed E-state index contributed by atoms with van der Waals surface area (Å²) in [7, 11) is 0. The van der Waals surface area contributed by atoms with Gasteiger partial charge in [0.05, 0.1) is 0 Å². The third-order valence-corrected chi connectivity index (χ3v) is 2.15. The van der Waals surface area contributed by atoms with Crippen LogP contribution in [0.1, 0.15) is 25.7 Å². The number of aliphatic carboxylic acids is 1. The predicted molar refractivity (Wildman–Crippen MR) is 37.6 cm³/mol. The third-order valence-electron chi connectivity index (χ3n) is 2.15. The molecule has 0 aromatic heterocycles. The Kier molecular flexibility index (Phi) is 2.27. The van der Waals surface area contributed by atoms with Crippen LogP contribution in [-0.4, -0.2) is 17.1 Å². The van der Waals surface area contributed by atoms with Crippen molar-refractivity contribution in [1.82, 2.24) is 0 Å². The highest BCUT2D eigenvalue weighted by molar-refractivity contribution is 5.67. The van der Waals surface area contributed by atoms with Crippen molar-refractivity contribution in [3.8, 4) is 0 Å². The molecule has 0 spiro atoms. The zero-order valence-corrected chi connectivity index (χ0v) is 5.92. The van der Waals surface area contributed by atoms with Crippen LogP contribution in [0.3, 0.4) is 0 Å². The summed E-state index contributed by atoms with van der Waals surface area (Å²) in [5.74, 6) is -0.486. The van der Waals surface area contributed by atoms with E-state index in [0.717, 1.165) is 19.3 Å². The summed E-state index contributed by atoms with van der Waals surface area (Å²) >= 11 is 0. The number of carboxylic acids is 1. The van der Waals surface area contributed by atoms with Gasteiger partial charge in [0.25, 0.3) is 0 Å². The first kappa shape index (κ1) is 7.54. The van der Waals surface area contributed by atoms with E-state index in [2.05, 4.69) is 0 Å². The van der Waals surface area contributed by atoms with Crippen LogP contribution >= 0.6 is 0 Å². The van der Waals surface area contributed by atoms with E-state index in [1.54, 1.807) is 0 Å². The highest BCUT2D eigenvalue weighted by Gasteiger charge is 2.25. The summed E-state index contributed by atoms with van der Waals surface area (Å²) < 4.78 is 0. The molecule has 3 heteroatoms. The van der Waals surface area contributed by atoms with Crippen LogP contribution in [0.4, 0.5) is 0 Å². The summed E-state index contributed by atoms with van der Waals surface area (Å²) in [4.78, 5) is 10.2. The number of carbonyl (C=O) groups is 1. The van der Waals surface area contributed by atoms with Crippen molar-refractivity contribution in [3.63, 3.8) is 0 Å². The minimum absolute atomic E-state index is 0.135. The van der Waals surface area contributed by atoms with Gasteiger partial charge in [0.2, 0.25) is 0 Å². The van der Waals surface area contributed by atoms with Crippen LogP contribution in [0.15, 0.2) is 0 Å². The highest BCUT2D eigenvalue weighted by atomic mass is 16.4. The average molecular weight is 143 g/mol. The normalized spacial score (nSPS) is 32.5. The van der Waals surface area contributed by atoms with E-state index < -0.39 is 5.97 Å². The second kappa shape index (κ2) is 3.01. The molecule has 10 heavy (non-hydrogen) atoms. The Morgan fingerprint density at radius 2 is 2.30 bits per heavy atom. The first-order valence-electron chi connectivity index (χ1n) is 3.67. The van der Waals surface area contributed by atoms with E-state index in [0.29, 0.717) is 0 Å². The molecule has 0 heterocycles. The number of carboxylic acid groups (broad SMARTS) is 1. The van der Waals surface area contributed by atoms with E-state index in [-0.39, 0.29) is 18.4 Å². The Morgan fingerprint density at radius 1 is 1.60 bits per heavy atom. The number of hydrogen-bond acceptors (Lipinski definition) is 2. The van der Waals surface area contributed by atoms with Crippen LogP contribution in [0.25, 0.3) is 0 Å². The maximum absolute atomic E-state index is 10.2. The molecule has 2 atom stereocenters. The molecule has 0 amide bonds. The van der Waals surface area contributed by atoms with Crippen molar-refractivity contribution >= 4 is 5.97 Å². The molecule has 1 aliphatic carbocycles. The van der Waals surface area contributed by atoms with Gasteiger partial charge in [-0.1, -0.05) is 6.42 Å². The van der Waals surface area contributed by atoms with Crippen molar-refractivity contribution in [2.45, 2.75) is 31.7 Å². The third kappa shape index (κ3) is 1.70. The first-order valence-corrected chi connectivity index (χ1v) is 3.67. The van der Waals surface area contributed by atoms with Crippen LogP contribution in [0.5, 0.6) is 0 Å². The Labute approximate surface area is 60.2 Å². The summed E-state index contributed by atoms with van der Waals surface area (Å²) in [5.41, 5.74) is 5.66. The molecule has 1 aliphatic rings. The van der Waals surface area contributed by atoms with Crippen molar-refractivity contribution in [1.29, 1.82) is 0 Å². The smallest absolute Gasteiger partial charge is 0.303 e. The van der Waals surface area contributed by atoms with Gasteiger partial charge in [0.15, 0.2) is 0 Å². The van der Waals surface area contributed by atoms with E-state index in [4.69, 9.17) is 10.8 Å². The van der Waals surface area contributed by atoms with E-state index in [1.165, 1.54) is 0 Å². The van der Waals surface area contributed by atoms with Gasteiger partial charge in [0, 0.05) is 12.5 Å².